The van der Waals surface area contributed by atoms with Gasteiger partial charge in [-0.2, -0.15) is 0 Å². The number of rotatable bonds is 0. The minimum atomic E-state index is 0.278. The molecule has 0 saturated carbocycles. The van der Waals surface area contributed by atoms with Gasteiger partial charge in [0.25, 0.3) is 0 Å². The van der Waals surface area contributed by atoms with Crippen LogP contribution in [0.25, 0.3) is 0 Å². The van der Waals surface area contributed by atoms with Gasteiger partial charge in [-0.05, 0) is 6.42 Å². The number of carbonyl (C=O) groups is 1. The molecular weight excluding hydrogens is 102 g/mol. The van der Waals surface area contributed by atoms with Crippen molar-refractivity contribution in [3.63, 3.8) is 0 Å². The first-order valence-electron chi connectivity index (χ1n) is 2.85. The van der Waals surface area contributed by atoms with Gasteiger partial charge in [0, 0.05) is 6.54 Å². The fraction of sp³-hybridized carbons (Fsp3) is 0.500. The average molecular weight is 109 g/mol. The summed E-state index contributed by atoms with van der Waals surface area (Å²) in [6.45, 7) is 0.851. The van der Waals surface area contributed by atoms with Crippen LogP contribution in [0, 0.1) is 0 Å². The minimum absolute atomic E-state index is 0.278. The Hall–Kier alpha value is -0.790. The Labute approximate surface area is 47.8 Å². The van der Waals surface area contributed by atoms with Gasteiger partial charge in [-0.15, -0.1) is 0 Å². The lowest BCUT2D eigenvalue weighted by atomic mass is 10.2. The molecule has 8 heavy (non-hydrogen) atoms. The Morgan fingerprint density at radius 1 is 1.62 bits per heavy atom. The van der Waals surface area contributed by atoms with E-state index in [0.717, 1.165) is 13.0 Å². The van der Waals surface area contributed by atoms with Crippen LogP contribution in [0.3, 0.4) is 0 Å². The first-order chi connectivity index (χ1) is 3.89. The molecule has 0 aromatic carbocycles. The van der Waals surface area contributed by atoms with Crippen molar-refractivity contribution in [1.82, 2.24) is 4.90 Å². The fourth-order valence-corrected chi connectivity index (χ4v) is 1.12. The average Bonchev–Trinajstić information content (AvgIpc) is 2.46. The molecule has 1 saturated heterocycles. The van der Waals surface area contributed by atoms with E-state index in [2.05, 4.69) is 6.08 Å². The zero-order valence-electron chi connectivity index (χ0n) is 4.50. The lowest BCUT2D eigenvalue weighted by molar-refractivity contribution is -0.113. The first kappa shape index (κ1) is 4.13. The highest BCUT2D eigenvalue weighted by Gasteiger charge is 2.44. The molecular formula is C6H7NO. The minimum Gasteiger partial charge on any atom is -0.325 e. The summed E-state index contributed by atoms with van der Waals surface area (Å²) < 4.78 is 0. The third-order valence-electron chi connectivity index (χ3n) is 1.70. The van der Waals surface area contributed by atoms with Crippen molar-refractivity contribution in [2.75, 3.05) is 6.54 Å². The van der Waals surface area contributed by atoms with Crippen molar-refractivity contribution in [3.05, 3.63) is 12.2 Å². The number of nitrogens with zero attached hydrogens (tertiary/aromatic N) is 1. The lowest BCUT2D eigenvalue weighted by Gasteiger charge is -1.99. The monoisotopic (exact) mass is 109 g/mol. The molecule has 1 atom stereocenters. The van der Waals surface area contributed by atoms with E-state index in [4.69, 9.17) is 0 Å². The van der Waals surface area contributed by atoms with Crippen LogP contribution in [0.5, 0.6) is 0 Å². The fourth-order valence-electron chi connectivity index (χ4n) is 1.12. The summed E-state index contributed by atoms with van der Waals surface area (Å²) in [7, 11) is 0. The molecule has 0 bridgehead atoms. The standard InChI is InChI=1S/C6H7NO/c8-6-5-3-1-2-4-7(5)6/h1-2,5H,3-4H2. The number of carbonyl (C=O) groups excluding carboxylic acids is 1. The maximum absolute atomic E-state index is 10.6. The highest BCUT2D eigenvalue weighted by Crippen LogP contribution is 2.25. The molecule has 2 aliphatic heterocycles. The maximum Gasteiger partial charge on any atom is 0.246 e. The van der Waals surface area contributed by atoms with E-state index in [1.165, 1.54) is 0 Å². The van der Waals surface area contributed by atoms with Crippen LogP contribution in [0.2, 0.25) is 0 Å². The van der Waals surface area contributed by atoms with Crippen LogP contribution in [-0.2, 0) is 4.79 Å². The molecule has 1 amide bonds. The topological polar surface area (TPSA) is 20.1 Å². The predicted octanol–water partition coefficient (Wildman–Crippen LogP) is 0.157. The van der Waals surface area contributed by atoms with Gasteiger partial charge in [0.1, 0.15) is 6.04 Å². The summed E-state index contributed by atoms with van der Waals surface area (Å²) in [6, 6.07) is 0.278. The van der Waals surface area contributed by atoms with Gasteiger partial charge in [0.15, 0.2) is 0 Å². The number of hydrogen-bond donors (Lipinski definition) is 0. The van der Waals surface area contributed by atoms with Crippen LogP contribution >= 0.6 is 0 Å². The van der Waals surface area contributed by atoms with Crippen LogP contribution in [0.1, 0.15) is 6.42 Å². The van der Waals surface area contributed by atoms with Gasteiger partial charge in [-0.25, -0.2) is 0 Å². The van der Waals surface area contributed by atoms with E-state index in [0.29, 0.717) is 5.91 Å². The Balaban J connectivity index is 2.18. The Morgan fingerprint density at radius 2 is 2.50 bits per heavy atom. The molecule has 2 nitrogen and oxygen atoms in total. The number of hydrogen-bond acceptors (Lipinski definition) is 1. The van der Waals surface area contributed by atoms with E-state index < -0.39 is 0 Å². The van der Waals surface area contributed by atoms with Gasteiger partial charge < -0.3 is 4.90 Å². The van der Waals surface area contributed by atoms with Crippen LogP contribution in [0.4, 0.5) is 0 Å². The highest BCUT2D eigenvalue weighted by molar-refractivity contribution is 5.97. The molecule has 42 valence electrons. The van der Waals surface area contributed by atoms with Gasteiger partial charge >= 0.3 is 0 Å². The van der Waals surface area contributed by atoms with Gasteiger partial charge in [-0.1, -0.05) is 12.2 Å². The molecule has 0 aliphatic carbocycles. The number of fused-ring (bicyclic) bond motifs is 1. The molecule has 0 aromatic heterocycles. The zero-order valence-corrected chi connectivity index (χ0v) is 4.50. The summed E-state index contributed by atoms with van der Waals surface area (Å²) in [5.74, 6) is 0.329. The van der Waals surface area contributed by atoms with E-state index in [1.807, 2.05) is 11.0 Å². The second-order valence-corrected chi connectivity index (χ2v) is 2.21. The molecule has 2 aliphatic rings. The van der Waals surface area contributed by atoms with Crippen molar-refractivity contribution in [2.24, 2.45) is 0 Å². The van der Waals surface area contributed by atoms with Gasteiger partial charge in [0.05, 0.1) is 0 Å². The van der Waals surface area contributed by atoms with Crippen LogP contribution in [-0.4, -0.2) is 23.4 Å². The lowest BCUT2D eigenvalue weighted by Crippen LogP contribution is -2.04. The summed E-state index contributed by atoms with van der Waals surface area (Å²) in [6.07, 6.45) is 5.06. The summed E-state index contributed by atoms with van der Waals surface area (Å²) in [5.41, 5.74) is 0. The van der Waals surface area contributed by atoms with E-state index in [1.54, 1.807) is 0 Å². The Morgan fingerprint density at radius 3 is 3.00 bits per heavy atom. The molecule has 1 unspecified atom stereocenters. The van der Waals surface area contributed by atoms with Crippen molar-refractivity contribution >= 4 is 5.91 Å². The molecule has 1 fully saturated rings. The molecule has 0 N–H and O–H groups in total. The third-order valence-corrected chi connectivity index (χ3v) is 1.70. The summed E-state index contributed by atoms with van der Waals surface area (Å²) >= 11 is 0. The third kappa shape index (κ3) is 0.351. The second-order valence-electron chi connectivity index (χ2n) is 2.21. The molecule has 0 spiro atoms. The van der Waals surface area contributed by atoms with Crippen molar-refractivity contribution in [3.8, 4) is 0 Å². The molecule has 2 heteroatoms. The van der Waals surface area contributed by atoms with Crippen molar-refractivity contribution < 1.29 is 4.79 Å². The van der Waals surface area contributed by atoms with Crippen molar-refractivity contribution in [1.29, 1.82) is 0 Å². The molecule has 2 heterocycles. The quantitative estimate of drug-likeness (QED) is 0.320. The predicted molar refractivity (Wildman–Crippen MR) is 29.3 cm³/mol. The summed E-state index contributed by atoms with van der Waals surface area (Å²) in [4.78, 5) is 12.5. The van der Waals surface area contributed by atoms with Crippen LogP contribution in [0.15, 0.2) is 12.2 Å². The smallest absolute Gasteiger partial charge is 0.246 e. The maximum atomic E-state index is 10.6. The largest absolute Gasteiger partial charge is 0.325 e. The van der Waals surface area contributed by atoms with Crippen LogP contribution < -0.4 is 0 Å². The molecule has 2 rings (SSSR count). The second kappa shape index (κ2) is 1.13. The van der Waals surface area contributed by atoms with Gasteiger partial charge in [-0.3, -0.25) is 4.79 Å². The van der Waals surface area contributed by atoms with E-state index in [-0.39, 0.29) is 6.04 Å². The Kier molecular flexibility index (Phi) is 0.583. The van der Waals surface area contributed by atoms with E-state index >= 15 is 0 Å². The SMILES string of the molecule is O=C1C2CC=CCN12. The number of amides is 1. The van der Waals surface area contributed by atoms with Gasteiger partial charge in [0.2, 0.25) is 5.91 Å². The molecule has 0 radical (unpaired) electrons. The van der Waals surface area contributed by atoms with E-state index in [9.17, 15) is 4.79 Å². The highest BCUT2D eigenvalue weighted by atomic mass is 16.2. The van der Waals surface area contributed by atoms with Crippen molar-refractivity contribution in [2.45, 2.75) is 12.5 Å². The normalized spacial score (nSPS) is 32.8. The molecule has 0 aromatic rings. The Bertz CT molecular complexity index is 146. The first-order valence-corrected chi connectivity index (χ1v) is 2.85. The summed E-state index contributed by atoms with van der Waals surface area (Å²) in [5, 5.41) is 0. The zero-order chi connectivity index (χ0) is 5.56.